The Kier molecular flexibility index (Phi) is 1.60. The monoisotopic (exact) mass is 157 g/mol. The fourth-order valence-electron chi connectivity index (χ4n) is 1.77. The van der Waals surface area contributed by atoms with Crippen molar-refractivity contribution in [1.82, 2.24) is 0 Å². The van der Waals surface area contributed by atoms with Crippen LogP contribution in [0, 0.1) is 0 Å². The fourth-order valence-corrected chi connectivity index (χ4v) is 3.44. The van der Waals surface area contributed by atoms with Crippen LogP contribution in [0.2, 0.25) is 0 Å². The van der Waals surface area contributed by atoms with Crippen molar-refractivity contribution >= 4 is 17.5 Å². The number of thioether (sulfide) groups is 1. The van der Waals surface area contributed by atoms with E-state index in [-0.39, 0.29) is 0 Å². The highest BCUT2D eigenvalue weighted by Crippen LogP contribution is 2.42. The fraction of sp³-hybridized carbons (Fsp3) is 0.857. The van der Waals surface area contributed by atoms with Gasteiger partial charge in [0.2, 0.25) is 0 Å². The normalized spacial score (nSPS) is 38.2. The summed E-state index contributed by atoms with van der Waals surface area (Å²) < 4.78 is 0. The first-order chi connectivity index (χ1) is 4.88. The van der Waals surface area contributed by atoms with Crippen LogP contribution >= 0.6 is 11.8 Å². The molecule has 2 saturated heterocycles. The van der Waals surface area contributed by atoms with E-state index in [1.807, 2.05) is 0 Å². The minimum absolute atomic E-state index is 0.768. The second kappa shape index (κ2) is 2.46. The Morgan fingerprint density at radius 2 is 1.90 bits per heavy atom. The Labute approximate surface area is 64.7 Å². The van der Waals surface area contributed by atoms with Crippen molar-refractivity contribution in [3.8, 4) is 0 Å². The summed E-state index contributed by atoms with van der Waals surface area (Å²) >= 11 is 2.08. The van der Waals surface area contributed by atoms with Gasteiger partial charge in [0.1, 0.15) is 0 Å². The van der Waals surface area contributed by atoms with Gasteiger partial charge in [0.25, 0.3) is 0 Å². The first kappa shape index (κ1) is 6.53. The predicted octanol–water partition coefficient (Wildman–Crippen LogP) is 1.87. The van der Waals surface area contributed by atoms with Crippen molar-refractivity contribution in [2.24, 2.45) is 5.16 Å². The molecule has 2 aliphatic heterocycles. The van der Waals surface area contributed by atoms with E-state index in [9.17, 15) is 0 Å². The minimum Gasteiger partial charge on any atom is -0.411 e. The van der Waals surface area contributed by atoms with Gasteiger partial charge in [-0.15, -0.1) is 0 Å². The van der Waals surface area contributed by atoms with Crippen LogP contribution < -0.4 is 0 Å². The van der Waals surface area contributed by atoms with E-state index >= 15 is 0 Å². The van der Waals surface area contributed by atoms with Crippen LogP contribution in [0.3, 0.4) is 0 Å². The molecule has 3 heteroatoms. The van der Waals surface area contributed by atoms with Crippen LogP contribution in [0.5, 0.6) is 0 Å². The number of rotatable bonds is 0. The second-order valence-corrected chi connectivity index (χ2v) is 4.64. The number of hydrogen-bond acceptors (Lipinski definition) is 3. The number of fused-ring (bicyclic) bond motifs is 2. The second-order valence-electron chi connectivity index (χ2n) is 3.03. The lowest BCUT2D eigenvalue weighted by atomic mass is 10.1. The molecule has 0 aromatic carbocycles. The van der Waals surface area contributed by atoms with E-state index in [0.717, 1.165) is 29.1 Å². The molecular weight excluding hydrogens is 146 g/mol. The van der Waals surface area contributed by atoms with Crippen molar-refractivity contribution in [3.05, 3.63) is 0 Å². The molecule has 1 N–H and O–H groups in total. The molecular formula is C7H11NOS. The zero-order valence-corrected chi connectivity index (χ0v) is 6.60. The maximum absolute atomic E-state index is 8.53. The summed E-state index contributed by atoms with van der Waals surface area (Å²) in [4.78, 5) is 0. The van der Waals surface area contributed by atoms with E-state index in [0.29, 0.717) is 0 Å². The Bertz CT molecular complexity index is 155. The van der Waals surface area contributed by atoms with Gasteiger partial charge in [0, 0.05) is 23.3 Å². The van der Waals surface area contributed by atoms with Crippen LogP contribution in [0.4, 0.5) is 0 Å². The van der Waals surface area contributed by atoms with Crippen molar-refractivity contribution in [2.75, 3.05) is 0 Å². The molecule has 0 radical (unpaired) electrons. The minimum atomic E-state index is 0.768. The van der Waals surface area contributed by atoms with Crippen LogP contribution in [0.25, 0.3) is 0 Å². The third-order valence-electron chi connectivity index (χ3n) is 2.26. The average Bonchev–Trinajstić information content (AvgIpc) is 2.30. The van der Waals surface area contributed by atoms with Crippen molar-refractivity contribution < 1.29 is 5.21 Å². The van der Waals surface area contributed by atoms with Gasteiger partial charge in [-0.3, -0.25) is 0 Å². The lowest BCUT2D eigenvalue weighted by Gasteiger charge is -2.18. The zero-order valence-electron chi connectivity index (χ0n) is 5.79. The summed E-state index contributed by atoms with van der Waals surface area (Å²) in [6, 6.07) is 0. The highest BCUT2D eigenvalue weighted by atomic mass is 32.2. The highest BCUT2D eigenvalue weighted by Gasteiger charge is 2.32. The first-order valence-electron chi connectivity index (χ1n) is 3.74. The number of oxime groups is 1. The van der Waals surface area contributed by atoms with Crippen molar-refractivity contribution in [1.29, 1.82) is 0 Å². The standard InChI is InChI=1S/C7H11NOS/c9-8-5-3-6-1-2-7(4-5)10-6/h6-7,9H,1-4H2. The Balaban J connectivity index is 2.09. The van der Waals surface area contributed by atoms with Gasteiger partial charge < -0.3 is 5.21 Å². The molecule has 2 atom stereocenters. The number of hydrogen-bond donors (Lipinski definition) is 1. The summed E-state index contributed by atoms with van der Waals surface area (Å²) in [6.45, 7) is 0. The maximum Gasteiger partial charge on any atom is 0.0592 e. The van der Waals surface area contributed by atoms with E-state index in [4.69, 9.17) is 5.21 Å². The molecule has 0 amide bonds. The van der Waals surface area contributed by atoms with Gasteiger partial charge in [-0.25, -0.2) is 0 Å². The Morgan fingerprint density at radius 1 is 1.30 bits per heavy atom. The molecule has 2 unspecified atom stereocenters. The molecule has 0 saturated carbocycles. The molecule has 2 nitrogen and oxygen atoms in total. The molecule has 56 valence electrons. The smallest absolute Gasteiger partial charge is 0.0592 e. The predicted molar refractivity (Wildman–Crippen MR) is 42.9 cm³/mol. The number of nitrogens with zero attached hydrogens (tertiary/aromatic N) is 1. The quantitative estimate of drug-likeness (QED) is 0.430. The molecule has 2 fully saturated rings. The van der Waals surface area contributed by atoms with Crippen LogP contribution in [0.15, 0.2) is 5.16 Å². The van der Waals surface area contributed by atoms with Gasteiger partial charge in [-0.05, 0) is 12.8 Å². The molecule has 2 rings (SSSR count). The average molecular weight is 157 g/mol. The highest BCUT2D eigenvalue weighted by molar-refractivity contribution is 8.00. The Morgan fingerprint density at radius 3 is 2.40 bits per heavy atom. The molecule has 0 aromatic rings. The van der Waals surface area contributed by atoms with E-state index < -0.39 is 0 Å². The Hall–Kier alpha value is -0.180. The molecule has 2 aliphatic rings. The zero-order chi connectivity index (χ0) is 6.97. The van der Waals surface area contributed by atoms with E-state index in [1.54, 1.807) is 0 Å². The summed E-state index contributed by atoms with van der Waals surface area (Å²) in [7, 11) is 0. The van der Waals surface area contributed by atoms with Gasteiger partial charge in [0.15, 0.2) is 0 Å². The SMILES string of the molecule is ON=C1CC2CCC(C1)S2. The van der Waals surface area contributed by atoms with E-state index in [2.05, 4.69) is 16.9 Å². The van der Waals surface area contributed by atoms with Gasteiger partial charge in [-0.1, -0.05) is 5.16 Å². The van der Waals surface area contributed by atoms with Gasteiger partial charge in [-0.2, -0.15) is 11.8 Å². The van der Waals surface area contributed by atoms with Crippen molar-refractivity contribution in [2.45, 2.75) is 36.2 Å². The molecule has 0 aromatic heterocycles. The summed E-state index contributed by atoms with van der Waals surface area (Å²) in [6.07, 6.45) is 4.71. The van der Waals surface area contributed by atoms with Gasteiger partial charge >= 0.3 is 0 Å². The lowest BCUT2D eigenvalue weighted by molar-refractivity contribution is 0.316. The first-order valence-corrected chi connectivity index (χ1v) is 4.68. The summed E-state index contributed by atoms with van der Waals surface area (Å²) in [5.41, 5.74) is 1.02. The van der Waals surface area contributed by atoms with Crippen LogP contribution in [0.1, 0.15) is 25.7 Å². The van der Waals surface area contributed by atoms with Crippen LogP contribution in [-0.4, -0.2) is 21.4 Å². The largest absolute Gasteiger partial charge is 0.411 e. The topological polar surface area (TPSA) is 32.6 Å². The lowest BCUT2D eigenvalue weighted by Crippen LogP contribution is -2.16. The third-order valence-corrected chi connectivity index (χ3v) is 3.84. The third kappa shape index (κ3) is 1.03. The summed E-state index contributed by atoms with van der Waals surface area (Å²) in [5.74, 6) is 0. The van der Waals surface area contributed by atoms with Gasteiger partial charge in [0.05, 0.1) is 5.71 Å². The van der Waals surface area contributed by atoms with Crippen molar-refractivity contribution in [3.63, 3.8) is 0 Å². The molecule has 0 spiro atoms. The summed E-state index contributed by atoms with van der Waals surface area (Å²) in [5, 5.41) is 13.4. The van der Waals surface area contributed by atoms with E-state index in [1.165, 1.54) is 12.8 Å². The molecule has 0 aliphatic carbocycles. The molecule has 2 bridgehead atoms. The molecule has 2 heterocycles. The maximum atomic E-state index is 8.53. The molecule has 10 heavy (non-hydrogen) atoms. The van der Waals surface area contributed by atoms with Crippen LogP contribution in [-0.2, 0) is 0 Å².